The number of hydrogen-bond donors (Lipinski definition) is 0. The first-order valence-corrected chi connectivity index (χ1v) is 5.08. The van der Waals surface area contributed by atoms with E-state index >= 15 is 0 Å². The molecule has 0 aromatic carbocycles. The molecule has 0 radical (unpaired) electrons. The molecule has 0 amide bonds. The molecule has 0 unspecified atom stereocenters. The molecule has 5 heteroatoms. The molecule has 4 nitrogen and oxygen atoms in total. The van der Waals surface area contributed by atoms with Crippen LogP contribution >= 0.6 is 0 Å². The lowest BCUT2D eigenvalue weighted by Gasteiger charge is -2.14. The van der Waals surface area contributed by atoms with Gasteiger partial charge in [-0.15, -0.1) is 0 Å². The Morgan fingerprint density at radius 3 is 2.33 bits per heavy atom. The van der Waals surface area contributed by atoms with Crippen molar-refractivity contribution in [3.8, 4) is 0 Å². The van der Waals surface area contributed by atoms with E-state index < -0.39 is 5.97 Å². The molecule has 0 spiro atoms. The van der Waals surface area contributed by atoms with Crippen molar-refractivity contribution in [1.29, 1.82) is 0 Å². The summed E-state index contributed by atoms with van der Waals surface area (Å²) in [5.41, 5.74) is 0. The Hall–Kier alpha value is -1.26. The van der Waals surface area contributed by atoms with Crippen LogP contribution in [0.2, 0.25) is 0 Å². The van der Waals surface area contributed by atoms with Crippen molar-refractivity contribution >= 4 is 5.97 Å². The average molecular weight is 218 g/mol. The Morgan fingerprint density at radius 1 is 1.47 bits per heavy atom. The van der Waals surface area contributed by atoms with Crippen molar-refractivity contribution in [2.75, 3.05) is 20.3 Å². The summed E-state index contributed by atoms with van der Waals surface area (Å²) < 4.78 is 10.7. The molecule has 0 atom stereocenters. The van der Waals surface area contributed by atoms with Gasteiger partial charge < -0.3 is 9.80 Å². The van der Waals surface area contributed by atoms with Crippen LogP contribution in [0.5, 0.6) is 0 Å². The van der Waals surface area contributed by atoms with Gasteiger partial charge in [0.05, 0.1) is 6.67 Å². The first-order valence-electron chi connectivity index (χ1n) is 5.08. The summed E-state index contributed by atoms with van der Waals surface area (Å²) in [5.74, 6) is -0.789. The number of halogens is 1. The second-order valence-corrected chi connectivity index (χ2v) is 3.30. The molecule has 1 aliphatic heterocycles. The molecule has 0 bridgehead atoms. The van der Waals surface area contributed by atoms with Gasteiger partial charge in [0, 0.05) is 36.9 Å². The zero-order chi connectivity index (χ0) is 11.7. The van der Waals surface area contributed by atoms with Gasteiger partial charge in [0.1, 0.15) is 0 Å². The van der Waals surface area contributed by atoms with Gasteiger partial charge in [-0.3, -0.25) is 4.94 Å². The first kappa shape index (κ1) is 13.7. The number of nitrogens with zero attached hydrogens (tertiary/aromatic N) is 2. The van der Waals surface area contributed by atoms with Gasteiger partial charge in [-0.2, -0.15) is 0 Å². The number of rotatable bonds is 3. The van der Waals surface area contributed by atoms with Crippen molar-refractivity contribution in [1.82, 2.24) is 9.80 Å². The monoisotopic (exact) mass is 218 g/mol. The standard InChI is InChI=1S/C6H12N2.C4H7FO2/c1-3-8-5-4-7(2)6-8;1-2-3-4(6)7-5/h4-5H,3,6H2,1-2H3;2-3H2,1H3. The van der Waals surface area contributed by atoms with E-state index in [0.717, 1.165) is 13.2 Å². The fraction of sp³-hybridized carbons (Fsp3) is 0.700. The van der Waals surface area contributed by atoms with E-state index in [1.54, 1.807) is 6.92 Å². The SMILES string of the molecule is CCCC(=O)OF.CCN1C=CN(C)C1. The topological polar surface area (TPSA) is 32.8 Å². The van der Waals surface area contributed by atoms with Crippen LogP contribution in [0.4, 0.5) is 4.53 Å². The molecule has 0 aromatic heterocycles. The Morgan fingerprint density at radius 2 is 2.13 bits per heavy atom. The van der Waals surface area contributed by atoms with Gasteiger partial charge >= 0.3 is 5.97 Å². The third-order valence-electron chi connectivity index (χ3n) is 1.88. The van der Waals surface area contributed by atoms with Gasteiger partial charge in [0.25, 0.3) is 0 Å². The molecule has 88 valence electrons. The molecule has 0 saturated heterocycles. The Balaban J connectivity index is 0.000000265. The van der Waals surface area contributed by atoms with E-state index in [-0.39, 0.29) is 6.42 Å². The fourth-order valence-electron chi connectivity index (χ4n) is 1.04. The Kier molecular flexibility index (Phi) is 7.40. The zero-order valence-corrected chi connectivity index (χ0v) is 9.57. The quantitative estimate of drug-likeness (QED) is 0.724. The molecular weight excluding hydrogens is 199 g/mol. The summed E-state index contributed by atoms with van der Waals surface area (Å²) in [7, 11) is 2.08. The van der Waals surface area contributed by atoms with Crippen molar-refractivity contribution in [2.45, 2.75) is 26.7 Å². The molecule has 0 aliphatic carbocycles. The lowest BCUT2D eigenvalue weighted by molar-refractivity contribution is -0.183. The summed E-state index contributed by atoms with van der Waals surface area (Å²) in [6, 6.07) is 0. The Bertz CT molecular complexity index is 210. The third-order valence-corrected chi connectivity index (χ3v) is 1.88. The molecule has 1 aliphatic rings. The van der Waals surface area contributed by atoms with Crippen molar-refractivity contribution in [2.24, 2.45) is 0 Å². The van der Waals surface area contributed by atoms with Gasteiger partial charge in [-0.25, -0.2) is 4.79 Å². The van der Waals surface area contributed by atoms with Crippen LogP contribution in [0, 0.1) is 0 Å². The van der Waals surface area contributed by atoms with Crippen molar-refractivity contribution < 1.29 is 14.3 Å². The molecule has 15 heavy (non-hydrogen) atoms. The molecule has 1 rings (SSSR count). The molecule has 1 heterocycles. The van der Waals surface area contributed by atoms with Gasteiger partial charge in [-0.05, 0) is 13.3 Å². The van der Waals surface area contributed by atoms with Crippen LogP contribution in [-0.2, 0) is 9.74 Å². The van der Waals surface area contributed by atoms with E-state index in [4.69, 9.17) is 0 Å². The van der Waals surface area contributed by atoms with Crippen LogP contribution < -0.4 is 0 Å². The Labute approximate surface area is 90.2 Å². The first-order chi connectivity index (χ1) is 7.13. The normalized spacial score (nSPS) is 13.6. The minimum absolute atomic E-state index is 0.163. The third kappa shape index (κ3) is 6.76. The second-order valence-electron chi connectivity index (χ2n) is 3.30. The van der Waals surface area contributed by atoms with Gasteiger partial charge in [0.2, 0.25) is 0 Å². The largest absolute Gasteiger partial charge is 0.362 e. The molecule has 0 aromatic rings. The molecule has 0 fully saturated rings. The van der Waals surface area contributed by atoms with E-state index in [2.05, 4.69) is 41.1 Å². The number of carbonyl (C=O) groups is 1. The zero-order valence-electron chi connectivity index (χ0n) is 9.57. The lowest BCUT2D eigenvalue weighted by atomic mass is 10.4. The highest BCUT2D eigenvalue weighted by molar-refractivity contribution is 5.68. The highest BCUT2D eigenvalue weighted by Gasteiger charge is 2.03. The highest BCUT2D eigenvalue weighted by atomic mass is 19.3. The molecular formula is C10H19FN2O2. The summed E-state index contributed by atoms with van der Waals surface area (Å²) in [6.45, 7) is 6.10. The van der Waals surface area contributed by atoms with E-state index in [9.17, 15) is 9.32 Å². The van der Waals surface area contributed by atoms with Crippen LogP contribution in [-0.4, -0.2) is 36.0 Å². The summed E-state index contributed by atoms with van der Waals surface area (Å²) in [6.07, 6.45) is 4.99. The van der Waals surface area contributed by atoms with Gasteiger partial charge in [-0.1, -0.05) is 6.92 Å². The molecule has 0 N–H and O–H groups in total. The van der Waals surface area contributed by atoms with Crippen molar-refractivity contribution in [3.63, 3.8) is 0 Å². The number of carbonyl (C=O) groups excluding carboxylic acids is 1. The number of hydrogen-bond acceptors (Lipinski definition) is 4. The smallest absolute Gasteiger partial charge is 0.348 e. The average Bonchev–Trinajstić information content (AvgIpc) is 2.65. The van der Waals surface area contributed by atoms with Gasteiger partial charge in [0.15, 0.2) is 0 Å². The highest BCUT2D eigenvalue weighted by Crippen LogP contribution is 2.00. The van der Waals surface area contributed by atoms with E-state index in [0.29, 0.717) is 6.42 Å². The summed E-state index contributed by atoms with van der Waals surface area (Å²) in [4.78, 5) is 17.1. The maximum absolute atomic E-state index is 10.7. The predicted molar refractivity (Wildman–Crippen MR) is 56.3 cm³/mol. The predicted octanol–water partition coefficient (Wildman–Crippen LogP) is 1.90. The van der Waals surface area contributed by atoms with Crippen LogP contribution in [0.15, 0.2) is 12.4 Å². The minimum atomic E-state index is -0.789. The maximum Gasteiger partial charge on any atom is 0.348 e. The van der Waals surface area contributed by atoms with Crippen LogP contribution in [0.3, 0.4) is 0 Å². The maximum atomic E-state index is 10.7. The van der Waals surface area contributed by atoms with E-state index in [1.807, 2.05) is 0 Å². The second kappa shape index (κ2) is 8.08. The summed E-state index contributed by atoms with van der Waals surface area (Å²) in [5, 5.41) is 0. The van der Waals surface area contributed by atoms with E-state index in [1.165, 1.54) is 0 Å². The molecule has 0 saturated carbocycles. The summed E-state index contributed by atoms with van der Waals surface area (Å²) >= 11 is 0. The fourth-order valence-corrected chi connectivity index (χ4v) is 1.04. The van der Waals surface area contributed by atoms with Crippen molar-refractivity contribution in [3.05, 3.63) is 12.4 Å². The minimum Gasteiger partial charge on any atom is -0.362 e. The van der Waals surface area contributed by atoms with Crippen LogP contribution in [0.25, 0.3) is 0 Å². The van der Waals surface area contributed by atoms with Crippen LogP contribution in [0.1, 0.15) is 26.7 Å². The lowest BCUT2D eigenvalue weighted by Crippen LogP contribution is -2.21.